The SMILES string of the molecule is NS(=O)(=O)N1CCN(Cc2ccc(Cl)c(Cl)c2)CC1. The van der Waals surface area contributed by atoms with Crippen molar-refractivity contribution in [3.8, 4) is 0 Å². The molecule has 1 saturated heterocycles. The van der Waals surface area contributed by atoms with Gasteiger partial charge in [0.15, 0.2) is 0 Å². The lowest BCUT2D eigenvalue weighted by Crippen LogP contribution is -2.50. The van der Waals surface area contributed by atoms with Gasteiger partial charge in [-0.15, -0.1) is 0 Å². The van der Waals surface area contributed by atoms with E-state index in [-0.39, 0.29) is 0 Å². The van der Waals surface area contributed by atoms with Crippen molar-refractivity contribution in [2.75, 3.05) is 26.2 Å². The number of nitrogens with two attached hydrogens (primary N) is 1. The normalized spacial score (nSPS) is 18.7. The van der Waals surface area contributed by atoms with Gasteiger partial charge in [-0.25, -0.2) is 5.14 Å². The van der Waals surface area contributed by atoms with Gasteiger partial charge in [-0.2, -0.15) is 12.7 Å². The number of nitrogens with zero attached hydrogens (tertiary/aromatic N) is 2. The lowest BCUT2D eigenvalue weighted by atomic mass is 10.2. The molecule has 1 aliphatic heterocycles. The van der Waals surface area contributed by atoms with Crippen molar-refractivity contribution >= 4 is 33.4 Å². The fourth-order valence-electron chi connectivity index (χ4n) is 2.04. The molecule has 0 spiro atoms. The Kier molecular flexibility index (Phi) is 4.70. The van der Waals surface area contributed by atoms with Gasteiger partial charge in [-0.1, -0.05) is 29.3 Å². The first-order valence-electron chi connectivity index (χ1n) is 5.80. The van der Waals surface area contributed by atoms with E-state index in [1.807, 2.05) is 12.1 Å². The molecule has 0 atom stereocenters. The van der Waals surface area contributed by atoms with E-state index >= 15 is 0 Å². The molecular weight excluding hydrogens is 309 g/mol. The van der Waals surface area contributed by atoms with Crippen LogP contribution in [0.5, 0.6) is 0 Å². The van der Waals surface area contributed by atoms with Crippen molar-refractivity contribution in [3.63, 3.8) is 0 Å². The first-order chi connectivity index (χ1) is 8.86. The van der Waals surface area contributed by atoms with Gasteiger partial charge in [-0.3, -0.25) is 4.90 Å². The number of benzene rings is 1. The van der Waals surface area contributed by atoms with E-state index < -0.39 is 10.2 Å². The predicted molar refractivity (Wildman–Crippen MR) is 76.4 cm³/mol. The molecule has 19 heavy (non-hydrogen) atoms. The highest BCUT2D eigenvalue weighted by atomic mass is 35.5. The Balaban J connectivity index is 1.94. The Morgan fingerprint density at radius 2 is 1.74 bits per heavy atom. The molecule has 0 aromatic heterocycles. The lowest BCUT2D eigenvalue weighted by molar-refractivity contribution is 0.181. The fraction of sp³-hybridized carbons (Fsp3) is 0.455. The second kappa shape index (κ2) is 5.95. The van der Waals surface area contributed by atoms with Crippen LogP contribution in [0.3, 0.4) is 0 Å². The summed E-state index contributed by atoms with van der Waals surface area (Å²) in [6.45, 7) is 2.85. The van der Waals surface area contributed by atoms with Gasteiger partial charge in [0.25, 0.3) is 10.2 Å². The summed E-state index contributed by atoms with van der Waals surface area (Å²) in [4.78, 5) is 2.15. The summed E-state index contributed by atoms with van der Waals surface area (Å²) in [6, 6.07) is 5.51. The molecule has 0 aliphatic carbocycles. The molecule has 1 heterocycles. The van der Waals surface area contributed by atoms with Crippen LogP contribution in [0, 0.1) is 0 Å². The molecule has 106 valence electrons. The van der Waals surface area contributed by atoms with Gasteiger partial charge in [-0.05, 0) is 17.7 Å². The maximum absolute atomic E-state index is 11.2. The van der Waals surface area contributed by atoms with Gasteiger partial charge in [0.1, 0.15) is 0 Å². The third-order valence-electron chi connectivity index (χ3n) is 3.08. The van der Waals surface area contributed by atoms with Crippen LogP contribution in [-0.2, 0) is 16.8 Å². The second-order valence-electron chi connectivity index (χ2n) is 4.47. The van der Waals surface area contributed by atoms with Crippen LogP contribution in [0.25, 0.3) is 0 Å². The molecule has 5 nitrogen and oxygen atoms in total. The highest BCUT2D eigenvalue weighted by Gasteiger charge is 2.23. The molecule has 1 fully saturated rings. The third kappa shape index (κ3) is 4.05. The first-order valence-corrected chi connectivity index (χ1v) is 8.06. The topological polar surface area (TPSA) is 66.6 Å². The fourth-order valence-corrected chi connectivity index (χ4v) is 3.03. The molecular formula is C11H15Cl2N3O2S. The summed E-state index contributed by atoms with van der Waals surface area (Å²) in [5.41, 5.74) is 1.05. The standard InChI is InChI=1S/C11H15Cl2N3O2S/c12-10-2-1-9(7-11(10)13)8-15-3-5-16(6-4-15)19(14,17)18/h1-2,7H,3-6,8H2,(H2,14,17,18). The van der Waals surface area contributed by atoms with Crippen molar-refractivity contribution in [1.82, 2.24) is 9.21 Å². The van der Waals surface area contributed by atoms with Crippen LogP contribution < -0.4 is 5.14 Å². The zero-order chi connectivity index (χ0) is 14.0. The number of halogens is 2. The average molecular weight is 324 g/mol. The molecule has 0 unspecified atom stereocenters. The van der Waals surface area contributed by atoms with Crippen molar-refractivity contribution in [2.45, 2.75) is 6.54 Å². The Bertz CT molecular complexity index is 557. The van der Waals surface area contributed by atoms with E-state index in [0.29, 0.717) is 36.2 Å². The molecule has 0 saturated carbocycles. The van der Waals surface area contributed by atoms with E-state index in [0.717, 1.165) is 12.1 Å². The molecule has 1 aliphatic rings. The zero-order valence-corrected chi connectivity index (χ0v) is 12.5. The smallest absolute Gasteiger partial charge is 0.276 e. The largest absolute Gasteiger partial charge is 0.296 e. The number of piperazine rings is 1. The number of hydrogen-bond acceptors (Lipinski definition) is 3. The number of rotatable bonds is 3. The van der Waals surface area contributed by atoms with Gasteiger partial charge in [0.2, 0.25) is 0 Å². The molecule has 0 amide bonds. The van der Waals surface area contributed by atoms with E-state index in [9.17, 15) is 8.42 Å². The maximum atomic E-state index is 11.2. The quantitative estimate of drug-likeness (QED) is 0.912. The van der Waals surface area contributed by atoms with Crippen LogP contribution in [-0.4, -0.2) is 43.8 Å². The third-order valence-corrected chi connectivity index (χ3v) is 4.91. The Labute approximate surface area is 123 Å². The summed E-state index contributed by atoms with van der Waals surface area (Å²) >= 11 is 11.8. The minimum Gasteiger partial charge on any atom is -0.296 e. The predicted octanol–water partition coefficient (Wildman–Crippen LogP) is 1.31. The van der Waals surface area contributed by atoms with Crippen molar-refractivity contribution < 1.29 is 8.42 Å². The van der Waals surface area contributed by atoms with Gasteiger partial charge >= 0.3 is 0 Å². The van der Waals surface area contributed by atoms with E-state index in [2.05, 4.69) is 4.90 Å². The molecule has 2 rings (SSSR count). The van der Waals surface area contributed by atoms with Gasteiger partial charge in [0, 0.05) is 32.7 Å². The Morgan fingerprint density at radius 1 is 1.11 bits per heavy atom. The van der Waals surface area contributed by atoms with Crippen LogP contribution >= 0.6 is 23.2 Å². The van der Waals surface area contributed by atoms with E-state index in [1.54, 1.807) is 6.07 Å². The summed E-state index contributed by atoms with van der Waals surface area (Å²) in [5, 5.41) is 6.15. The van der Waals surface area contributed by atoms with E-state index in [1.165, 1.54) is 4.31 Å². The highest BCUT2D eigenvalue weighted by Crippen LogP contribution is 2.23. The molecule has 1 aromatic rings. The molecule has 1 aromatic carbocycles. The first kappa shape index (κ1) is 15.0. The summed E-state index contributed by atoms with van der Waals surface area (Å²) in [7, 11) is -3.57. The summed E-state index contributed by atoms with van der Waals surface area (Å²) < 4.78 is 23.7. The highest BCUT2D eigenvalue weighted by molar-refractivity contribution is 7.86. The molecule has 0 bridgehead atoms. The van der Waals surface area contributed by atoms with Crippen LogP contribution in [0.1, 0.15) is 5.56 Å². The summed E-state index contributed by atoms with van der Waals surface area (Å²) in [5.74, 6) is 0. The minimum atomic E-state index is -3.57. The number of hydrogen-bond donors (Lipinski definition) is 1. The molecule has 0 radical (unpaired) electrons. The summed E-state index contributed by atoms with van der Waals surface area (Å²) in [6.07, 6.45) is 0. The van der Waals surface area contributed by atoms with Gasteiger partial charge < -0.3 is 0 Å². The minimum absolute atomic E-state index is 0.417. The zero-order valence-electron chi connectivity index (χ0n) is 10.2. The average Bonchev–Trinajstić information content (AvgIpc) is 2.33. The molecule has 8 heteroatoms. The monoisotopic (exact) mass is 323 g/mol. The van der Waals surface area contributed by atoms with Crippen LogP contribution in [0.4, 0.5) is 0 Å². The lowest BCUT2D eigenvalue weighted by Gasteiger charge is -2.32. The van der Waals surface area contributed by atoms with Crippen molar-refractivity contribution in [3.05, 3.63) is 33.8 Å². The Hall–Kier alpha value is -0.370. The Morgan fingerprint density at radius 3 is 2.26 bits per heavy atom. The maximum Gasteiger partial charge on any atom is 0.276 e. The second-order valence-corrected chi connectivity index (χ2v) is 6.83. The molecule has 2 N–H and O–H groups in total. The van der Waals surface area contributed by atoms with Crippen molar-refractivity contribution in [1.29, 1.82) is 0 Å². The van der Waals surface area contributed by atoms with Crippen molar-refractivity contribution in [2.24, 2.45) is 5.14 Å². The van der Waals surface area contributed by atoms with E-state index in [4.69, 9.17) is 28.3 Å². The van der Waals surface area contributed by atoms with Crippen LogP contribution in [0.15, 0.2) is 18.2 Å². The van der Waals surface area contributed by atoms with Gasteiger partial charge in [0.05, 0.1) is 10.0 Å². The van der Waals surface area contributed by atoms with Crippen LogP contribution in [0.2, 0.25) is 10.0 Å².